The minimum absolute atomic E-state index is 0.0356. The zero-order chi connectivity index (χ0) is 16.6. The predicted octanol–water partition coefficient (Wildman–Crippen LogP) is 2.09. The Hall–Kier alpha value is -1.30. The lowest BCUT2D eigenvalue weighted by Crippen LogP contribution is -2.56. The number of hydrogen-bond donors (Lipinski definition) is 1. The summed E-state index contributed by atoms with van der Waals surface area (Å²) in [5.41, 5.74) is -1.87. The Morgan fingerprint density at radius 1 is 1.23 bits per heavy atom. The highest BCUT2D eigenvalue weighted by Crippen LogP contribution is 2.54. The number of amides is 1. The van der Waals surface area contributed by atoms with Crippen LogP contribution in [0, 0.1) is 5.41 Å². The van der Waals surface area contributed by atoms with Crippen LogP contribution in [0.3, 0.4) is 0 Å². The number of aliphatic hydroxyl groups is 1. The molecule has 1 atom stereocenters. The molecule has 126 valence electrons. The van der Waals surface area contributed by atoms with Crippen LogP contribution >= 0.6 is 0 Å². The van der Waals surface area contributed by atoms with Crippen LogP contribution in [0.15, 0.2) is 0 Å². The summed E-state index contributed by atoms with van der Waals surface area (Å²) in [5.74, 6) is -0.407. The average molecular weight is 313 g/mol. The number of carbonyl (C=O) groups excluding carboxylic acids is 2. The number of aliphatic hydroxyl groups excluding tert-OH is 1. The van der Waals surface area contributed by atoms with Crippen LogP contribution in [-0.2, 0) is 14.3 Å². The highest BCUT2D eigenvalue weighted by atomic mass is 16.6. The van der Waals surface area contributed by atoms with E-state index in [2.05, 4.69) is 0 Å². The van der Waals surface area contributed by atoms with E-state index in [-0.39, 0.29) is 12.0 Å². The van der Waals surface area contributed by atoms with Gasteiger partial charge in [-0.05, 0) is 58.3 Å². The van der Waals surface area contributed by atoms with Crippen molar-refractivity contribution in [3.8, 4) is 0 Å². The second kappa shape index (κ2) is 5.72. The van der Waals surface area contributed by atoms with Crippen molar-refractivity contribution in [1.29, 1.82) is 0 Å². The lowest BCUT2D eigenvalue weighted by atomic mass is 9.83. The predicted molar refractivity (Wildman–Crippen MR) is 80.3 cm³/mol. The van der Waals surface area contributed by atoms with Gasteiger partial charge in [0.15, 0.2) is 0 Å². The molecule has 6 nitrogen and oxygen atoms in total. The van der Waals surface area contributed by atoms with E-state index in [1.54, 1.807) is 20.8 Å². The highest BCUT2D eigenvalue weighted by Gasteiger charge is 2.58. The van der Waals surface area contributed by atoms with Gasteiger partial charge in [0.25, 0.3) is 0 Å². The molecule has 0 aromatic heterocycles. The van der Waals surface area contributed by atoms with Crippen LogP contribution in [-0.4, -0.2) is 53.5 Å². The van der Waals surface area contributed by atoms with Crippen molar-refractivity contribution in [3.63, 3.8) is 0 Å². The molecule has 1 amide bonds. The molecule has 0 bridgehead atoms. The van der Waals surface area contributed by atoms with E-state index in [4.69, 9.17) is 9.47 Å². The Morgan fingerprint density at radius 3 is 2.32 bits per heavy atom. The van der Waals surface area contributed by atoms with Crippen molar-refractivity contribution in [2.75, 3.05) is 20.3 Å². The smallest absolute Gasteiger partial charge is 0.411 e. The van der Waals surface area contributed by atoms with E-state index in [0.717, 1.165) is 19.3 Å². The van der Waals surface area contributed by atoms with Gasteiger partial charge >= 0.3 is 12.1 Å². The Kier molecular flexibility index (Phi) is 4.44. The van der Waals surface area contributed by atoms with Crippen molar-refractivity contribution < 1.29 is 24.2 Å². The molecule has 1 N–H and O–H groups in total. The molecule has 22 heavy (non-hydrogen) atoms. The largest absolute Gasteiger partial charge is 0.467 e. The Labute approximate surface area is 131 Å². The Morgan fingerprint density at radius 2 is 1.86 bits per heavy atom. The molecule has 2 fully saturated rings. The number of esters is 1. The van der Waals surface area contributed by atoms with Gasteiger partial charge in [-0.1, -0.05) is 0 Å². The summed E-state index contributed by atoms with van der Waals surface area (Å²) in [5, 5.41) is 9.61. The second-order valence-corrected chi connectivity index (χ2v) is 7.59. The number of methoxy groups -OCH3 is 1. The van der Waals surface area contributed by atoms with Crippen molar-refractivity contribution in [2.24, 2.45) is 5.41 Å². The van der Waals surface area contributed by atoms with Crippen molar-refractivity contribution in [1.82, 2.24) is 4.90 Å². The fourth-order valence-electron chi connectivity index (χ4n) is 3.31. The van der Waals surface area contributed by atoms with Crippen molar-refractivity contribution in [2.45, 2.75) is 64.0 Å². The summed E-state index contributed by atoms with van der Waals surface area (Å²) in [7, 11) is 1.34. The van der Waals surface area contributed by atoms with Gasteiger partial charge in [0.2, 0.25) is 0 Å². The first kappa shape index (κ1) is 17.1. The van der Waals surface area contributed by atoms with Gasteiger partial charge in [0.1, 0.15) is 11.1 Å². The summed E-state index contributed by atoms with van der Waals surface area (Å²) >= 11 is 0. The number of likely N-dealkylation sites (tertiary alicyclic amines) is 1. The summed E-state index contributed by atoms with van der Waals surface area (Å²) < 4.78 is 10.5. The highest BCUT2D eigenvalue weighted by molar-refractivity contribution is 5.86. The summed E-state index contributed by atoms with van der Waals surface area (Å²) in [6, 6.07) is 0. The molecule has 1 aliphatic carbocycles. The van der Waals surface area contributed by atoms with Crippen LogP contribution in [0.4, 0.5) is 4.79 Å². The SMILES string of the molecule is COC(=O)C1(CC2(CO)CC2)CCCN1C(=O)OC(C)(C)C. The fourth-order valence-corrected chi connectivity index (χ4v) is 3.31. The monoisotopic (exact) mass is 313 g/mol. The third-order valence-corrected chi connectivity index (χ3v) is 4.63. The minimum Gasteiger partial charge on any atom is -0.467 e. The molecular weight excluding hydrogens is 286 g/mol. The first-order valence-corrected chi connectivity index (χ1v) is 7.88. The van der Waals surface area contributed by atoms with Gasteiger partial charge in [0, 0.05) is 13.2 Å². The molecule has 0 aromatic carbocycles. The zero-order valence-corrected chi connectivity index (χ0v) is 14.0. The molecule has 1 aliphatic heterocycles. The third kappa shape index (κ3) is 3.21. The summed E-state index contributed by atoms with van der Waals surface area (Å²) in [6.07, 6.45) is 3.01. The molecule has 2 rings (SSSR count). The number of carbonyl (C=O) groups is 2. The minimum atomic E-state index is -1.00. The van der Waals surface area contributed by atoms with Crippen LogP contribution in [0.5, 0.6) is 0 Å². The maximum atomic E-state index is 12.5. The van der Waals surface area contributed by atoms with Gasteiger partial charge < -0.3 is 14.6 Å². The molecule has 0 radical (unpaired) electrons. The Balaban J connectivity index is 2.26. The van der Waals surface area contributed by atoms with E-state index in [0.29, 0.717) is 19.4 Å². The third-order valence-electron chi connectivity index (χ3n) is 4.63. The van der Waals surface area contributed by atoms with Gasteiger partial charge in [-0.3, -0.25) is 4.90 Å². The first-order valence-electron chi connectivity index (χ1n) is 7.88. The van der Waals surface area contributed by atoms with E-state index in [9.17, 15) is 14.7 Å². The van der Waals surface area contributed by atoms with Crippen molar-refractivity contribution in [3.05, 3.63) is 0 Å². The zero-order valence-electron chi connectivity index (χ0n) is 14.0. The van der Waals surface area contributed by atoms with E-state index in [1.165, 1.54) is 12.0 Å². The maximum absolute atomic E-state index is 12.5. The molecular formula is C16H27NO5. The van der Waals surface area contributed by atoms with Gasteiger partial charge in [-0.2, -0.15) is 0 Å². The van der Waals surface area contributed by atoms with E-state index in [1.807, 2.05) is 0 Å². The van der Waals surface area contributed by atoms with Crippen molar-refractivity contribution >= 4 is 12.1 Å². The molecule has 1 heterocycles. The Bertz CT molecular complexity index is 452. The van der Waals surface area contributed by atoms with Crippen LogP contribution in [0.1, 0.15) is 52.9 Å². The molecule has 1 saturated carbocycles. The fraction of sp³-hybridized carbons (Fsp3) is 0.875. The number of hydrogen-bond acceptors (Lipinski definition) is 5. The molecule has 1 unspecified atom stereocenters. The summed E-state index contributed by atoms with van der Waals surface area (Å²) in [6.45, 7) is 5.92. The van der Waals surface area contributed by atoms with E-state index < -0.39 is 23.2 Å². The van der Waals surface area contributed by atoms with Crippen LogP contribution in [0.25, 0.3) is 0 Å². The average Bonchev–Trinajstić information content (AvgIpc) is 3.06. The molecule has 0 aromatic rings. The number of ether oxygens (including phenoxy) is 2. The van der Waals surface area contributed by atoms with Gasteiger partial charge in [0.05, 0.1) is 7.11 Å². The summed E-state index contributed by atoms with van der Waals surface area (Å²) in [4.78, 5) is 26.5. The molecule has 2 aliphatic rings. The normalized spacial score (nSPS) is 26.7. The number of rotatable bonds is 4. The molecule has 0 spiro atoms. The molecule has 1 saturated heterocycles. The number of nitrogens with zero attached hydrogens (tertiary/aromatic N) is 1. The lowest BCUT2D eigenvalue weighted by molar-refractivity contribution is -0.155. The lowest BCUT2D eigenvalue weighted by Gasteiger charge is -2.38. The topological polar surface area (TPSA) is 76.1 Å². The van der Waals surface area contributed by atoms with Gasteiger partial charge in [-0.15, -0.1) is 0 Å². The van der Waals surface area contributed by atoms with Gasteiger partial charge in [-0.25, -0.2) is 9.59 Å². The van der Waals surface area contributed by atoms with Crippen LogP contribution in [0.2, 0.25) is 0 Å². The quantitative estimate of drug-likeness (QED) is 0.804. The second-order valence-electron chi connectivity index (χ2n) is 7.59. The maximum Gasteiger partial charge on any atom is 0.411 e. The first-order chi connectivity index (χ1) is 10.2. The molecule has 6 heteroatoms. The standard InChI is InChI=1S/C16H27NO5/c1-14(2,3)22-13(20)17-9-5-6-16(17,12(19)21-4)10-15(11-18)7-8-15/h18H,5-11H2,1-4H3. The van der Waals surface area contributed by atoms with E-state index >= 15 is 0 Å². The van der Waals surface area contributed by atoms with Crippen LogP contribution < -0.4 is 0 Å².